The second kappa shape index (κ2) is 5.54. The van der Waals surface area contributed by atoms with E-state index in [1.165, 1.54) is 19.1 Å². The summed E-state index contributed by atoms with van der Waals surface area (Å²) in [4.78, 5) is 9.77. The summed E-state index contributed by atoms with van der Waals surface area (Å²) in [5.74, 6) is 0.375. The number of furan rings is 1. The van der Waals surface area contributed by atoms with Crippen molar-refractivity contribution >= 4 is 6.29 Å². The first-order chi connectivity index (χ1) is 6.33. The molecule has 0 spiro atoms. The van der Waals surface area contributed by atoms with Crippen LogP contribution in [-0.4, -0.2) is 17.5 Å². The average molecular weight is 182 g/mol. The van der Waals surface area contributed by atoms with Gasteiger partial charge in [-0.3, -0.25) is 4.79 Å². The van der Waals surface area contributed by atoms with Crippen LogP contribution in [0.4, 0.5) is 0 Å². The molecule has 0 radical (unpaired) electrons. The van der Waals surface area contributed by atoms with Crippen LogP contribution in [-0.2, 0) is 0 Å². The molecule has 1 fully saturated rings. The van der Waals surface area contributed by atoms with Gasteiger partial charge in [-0.15, -0.1) is 0 Å². The van der Waals surface area contributed by atoms with Crippen LogP contribution in [0.15, 0.2) is 22.8 Å². The Hall–Kier alpha value is -1.09. The molecule has 0 amide bonds. The molecule has 0 bridgehead atoms. The molecule has 0 aliphatic heterocycles. The fraction of sp³-hybridized carbons (Fsp3) is 0.500. The molecule has 1 aromatic heterocycles. The average Bonchev–Trinajstić information content (AvgIpc) is 2.76. The third kappa shape index (κ3) is 3.90. The first-order valence-electron chi connectivity index (χ1n) is 4.49. The summed E-state index contributed by atoms with van der Waals surface area (Å²) in [5, 5.41) is 8.73. The fourth-order valence-electron chi connectivity index (χ4n) is 1.26. The van der Waals surface area contributed by atoms with Crippen molar-refractivity contribution in [1.82, 2.24) is 0 Å². The van der Waals surface area contributed by atoms with Gasteiger partial charge in [-0.25, -0.2) is 0 Å². The van der Waals surface area contributed by atoms with Gasteiger partial charge in [0.2, 0.25) is 0 Å². The highest BCUT2D eigenvalue weighted by Crippen LogP contribution is 2.16. The van der Waals surface area contributed by atoms with Crippen molar-refractivity contribution in [3.63, 3.8) is 0 Å². The van der Waals surface area contributed by atoms with E-state index in [9.17, 15) is 4.79 Å². The molecule has 3 nitrogen and oxygen atoms in total. The number of aliphatic hydroxyl groups excluding tert-OH is 1. The van der Waals surface area contributed by atoms with E-state index in [4.69, 9.17) is 5.11 Å². The molecule has 1 aromatic rings. The van der Waals surface area contributed by atoms with Crippen molar-refractivity contribution in [2.24, 2.45) is 0 Å². The molecule has 1 aliphatic carbocycles. The molecular weight excluding hydrogens is 168 g/mol. The number of hydrogen-bond donors (Lipinski definition) is 1. The van der Waals surface area contributed by atoms with Crippen molar-refractivity contribution < 1.29 is 14.3 Å². The predicted molar refractivity (Wildman–Crippen MR) is 48.6 cm³/mol. The van der Waals surface area contributed by atoms with Gasteiger partial charge in [0.05, 0.1) is 12.4 Å². The van der Waals surface area contributed by atoms with Crippen molar-refractivity contribution in [3.8, 4) is 0 Å². The van der Waals surface area contributed by atoms with Gasteiger partial charge in [-0.05, 0) is 25.0 Å². The first-order valence-corrected chi connectivity index (χ1v) is 4.49. The Kier molecular flexibility index (Phi) is 4.26. The summed E-state index contributed by atoms with van der Waals surface area (Å²) in [6.45, 7) is 0. The van der Waals surface area contributed by atoms with Crippen molar-refractivity contribution in [2.75, 3.05) is 0 Å². The Balaban J connectivity index is 0.000000132. The van der Waals surface area contributed by atoms with Gasteiger partial charge in [0.25, 0.3) is 0 Å². The third-order valence-corrected chi connectivity index (χ3v) is 1.98. The number of rotatable bonds is 1. The lowest BCUT2D eigenvalue weighted by Crippen LogP contribution is -1.94. The lowest BCUT2D eigenvalue weighted by molar-refractivity contribution is 0.110. The highest BCUT2D eigenvalue weighted by atomic mass is 16.3. The molecule has 1 aliphatic rings. The van der Waals surface area contributed by atoms with E-state index in [0.29, 0.717) is 12.0 Å². The SMILES string of the molecule is O=Cc1ccco1.OC1CCCC1. The standard InChI is InChI=1S/C5H4O2.C5H10O/c6-4-5-2-1-3-7-5;6-5-3-1-2-4-5/h1-4H;5-6H,1-4H2. The molecular formula is C10H14O3. The first kappa shape index (κ1) is 9.99. The third-order valence-electron chi connectivity index (χ3n) is 1.98. The summed E-state index contributed by atoms with van der Waals surface area (Å²) in [5.41, 5.74) is 0. The number of hydrogen-bond acceptors (Lipinski definition) is 3. The summed E-state index contributed by atoms with van der Waals surface area (Å²) in [6.07, 6.45) is 6.73. The van der Waals surface area contributed by atoms with E-state index >= 15 is 0 Å². The number of carbonyl (C=O) groups excluding carboxylic acids is 1. The molecule has 1 heterocycles. The minimum Gasteiger partial charge on any atom is -0.462 e. The van der Waals surface area contributed by atoms with Crippen molar-refractivity contribution in [3.05, 3.63) is 24.2 Å². The van der Waals surface area contributed by atoms with Crippen LogP contribution >= 0.6 is 0 Å². The largest absolute Gasteiger partial charge is 0.462 e. The van der Waals surface area contributed by atoms with Gasteiger partial charge in [-0.2, -0.15) is 0 Å². The zero-order valence-electron chi connectivity index (χ0n) is 7.48. The minimum absolute atomic E-state index is 0.0463. The molecule has 72 valence electrons. The monoisotopic (exact) mass is 182 g/mol. The molecule has 0 atom stereocenters. The van der Waals surface area contributed by atoms with Gasteiger partial charge >= 0.3 is 0 Å². The highest BCUT2D eigenvalue weighted by molar-refractivity contribution is 5.69. The van der Waals surface area contributed by atoms with Crippen LogP contribution in [0.2, 0.25) is 0 Å². The van der Waals surface area contributed by atoms with E-state index in [2.05, 4.69) is 4.42 Å². The Bertz CT molecular complexity index is 222. The summed E-state index contributed by atoms with van der Waals surface area (Å²) in [6, 6.07) is 3.27. The van der Waals surface area contributed by atoms with Crippen LogP contribution in [0.25, 0.3) is 0 Å². The second-order valence-electron chi connectivity index (χ2n) is 3.07. The number of aldehydes is 1. The van der Waals surface area contributed by atoms with Gasteiger partial charge in [0, 0.05) is 0 Å². The van der Waals surface area contributed by atoms with Gasteiger partial charge < -0.3 is 9.52 Å². The zero-order chi connectivity index (χ0) is 9.52. The Morgan fingerprint density at radius 1 is 1.46 bits per heavy atom. The van der Waals surface area contributed by atoms with Gasteiger partial charge in [-0.1, -0.05) is 12.8 Å². The quantitative estimate of drug-likeness (QED) is 0.676. The van der Waals surface area contributed by atoms with Crippen LogP contribution in [0.3, 0.4) is 0 Å². The molecule has 1 N–H and O–H groups in total. The van der Waals surface area contributed by atoms with E-state index < -0.39 is 0 Å². The summed E-state index contributed by atoms with van der Waals surface area (Å²) < 4.78 is 4.61. The van der Waals surface area contributed by atoms with Gasteiger partial charge in [0.15, 0.2) is 12.0 Å². The maximum atomic E-state index is 9.77. The van der Waals surface area contributed by atoms with E-state index in [1.54, 1.807) is 12.1 Å². The summed E-state index contributed by atoms with van der Waals surface area (Å²) >= 11 is 0. The fourth-order valence-corrected chi connectivity index (χ4v) is 1.26. The Morgan fingerprint density at radius 2 is 2.15 bits per heavy atom. The van der Waals surface area contributed by atoms with E-state index in [0.717, 1.165) is 12.8 Å². The molecule has 0 aromatic carbocycles. The van der Waals surface area contributed by atoms with Gasteiger partial charge in [0.1, 0.15) is 0 Å². The Morgan fingerprint density at radius 3 is 2.38 bits per heavy atom. The van der Waals surface area contributed by atoms with Crippen LogP contribution in [0.5, 0.6) is 0 Å². The van der Waals surface area contributed by atoms with E-state index in [1.807, 2.05) is 0 Å². The lowest BCUT2D eigenvalue weighted by Gasteiger charge is -1.91. The summed E-state index contributed by atoms with van der Waals surface area (Å²) in [7, 11) is 0. The van der Waals surface area contributed by atoms with Crippen LogP contribution in [0, 0.1) is 0 Å². The minimum atomic E-state index is 0.0463. The van der Waals surface area contributed by atoms with Crippen molar-refractivity contribution in [1.29, 1.82) is 0 Å². The Labute approximate surface area is 77.4 Å². The molecule has 2 rings (SSSR count). The topological polar surface area (TPSA) is 50.4 Å². The van der Waals surface area contributed by atoms with Crippen LogP contribution in [0.1, 0.15) is 36.2 Å². The van der Waals surface area contributed by atoms with Crippen LogP contribution < -0.4 is 0 Å². The molecule has 1 saturated carbocycles. The molecule has 0 unspecified atom stereocenters. The van der Waals surface area contributed by atoms with E-state index in [-0.39, 0.29) is 6.10 Å². The lowest BCUT2D eigenvalue weighted by atomic mass is 10.3. The molecule has 3 heteroatoms. The maximum Gasteiger partial charge on any atom is 0.185 e. The second-order valence-corrected chi connectivity index (χ2v) is 3.07. The smallest absolute Gasteiger partial charge is 0.185 e. The maximum absolute atomic E-state index is 9.77. The number of carbonyl (C=O) groups is 1. The highest BCUT2D eigenvalue weighted by Gasteiger charge is 2.09. The number of aliphatic hydroxyl groups is 1. The zero-order valence-corrected chi connectivity index (χ0v) is 7.48. The van der Waals surface area contributed by atoms with Crippen molar-refractivity contribution in [2.45, 2.75) is 31.8 Å². The normalized spacial score (nSPS) is 16.4. The molecule has 13 heavy (non-hydrogen) atoms. The molecule has 0 saturated heterocycles. The predicted octanol–water partition coefficient (Wildman–Crippen LogP) is 2.01.